The van der Waals surface area contributed by atoms with E-state index < -0.39 is 0 Å². The number of fused-ring (bicyclic) bond motifs is 1. The van der Waals surface area contributed by atoms with Crippen LogP contribution in [0.25, 0.3) is 10.9 Å². The van der Waals surface area contributed by atoms with Crippen LogP contribution >= 0.6 is 0 Å². The second kappa shape index (κ2) is 4.07. The molecule has 0 unspecified atom stereocenters. The molecule has 0 spiro atoms. The average Bonchev–Trinajstić information content (AvgIpc) is 2.83. The van der Waals surface area contributed by atoms with Crippen LogP contribution in [0.2, 0.25) is 0 Å². The Morgan fingerprint density at radius 1 is 1.17 bits per heavy atom. The molecule has 0 N–H and O–H groups in total. The molecular weight excluding hydrogens is 226 g/mol. The van der Waals surface area contributed by atoms with Crippen LogP contribution in [0.15, 0.2) is 48.8 Å². The van der Waals surface area contributed by atoms with Crippen LogP contribution in [-0.4, -0.2) is 20.5 Å². The lowest BCUT2D eigenvalue weighted by Gasteiger charge is -2.03. The van der Waals surface area contributed by atoms with Crippen molar-refractivity contribution in [2.75, 3.05) is 0 Å². The molecule has 0 saturated heterocycles. The zero-order valence-electron chi connectivity index (χ0n) is 9.87. The first-order chi connectivity index (χ1) is 8.75. The molecular formula is C14H11N3O. The van der Waals surface area contributed by atoms with Crippen LogP contribution in [0, 0.1) is 0 Å². The van der Waals surface area contributed by atoms with E-state index in [1.807, 2.05) is 30.3 Å². The third-order valence-corrected chi connectivity index (χ3v) is 2.92. The van der Waals surface area contributed by atoms with Gasteiger partial charge in [0, 0.05) is 30.4 Å². The van der Waals surface area contributed by atoms with Crippen molar-refractivity contribution < 1.29 is 4.79 Å². The fourth-order valence-corrected chi connectivity index (χ4v) is 1.95. The highest BCUT2D eigenvalue weighted by Gasteiger charge is 2.13. The topological polar surface area (TPSA) is 47.8 Å². The average molecular weight is 237 g/mol. The van der Waals surface area contributed by atoms with E-state index in [1.165, 1.54) is 0 Å². The van der Waals surface area contributed by atoms with Gasteiger partial charge in [-0.15, -0.1) is 0 Å². The molecule has 1 aromatic carbocycles. The first-order valence-corrected chi connectivity index (χ1v) is 5.63. The highest BCUT2D eigenvalue weighted by atomic mass is 16.1. The van der Waals surface area contributed by atoms with E-state index in [9.17, 15) is 4.79 Å². The van der Waals surface area contributed by atoms with Crippen LogP contribution in [0.1, 0.15) is 16.1 Å². The number of aryl methyl sites for hydroxylation is 1. The number of carbonyl (C=O) groups excluding carboxylic acids is 1. The van der Waals surface area contributed by atoms with Gasteiger partial charge in [0.05, 0.1) is 5.52 Å². The Morgan fingerprint density at radius 3 is 2.83 bits per heavy atom. The van der Waals surface area contributed by atoms with Gasteiger partial charge in [-0.1, -0.05) is 18.2 Å². The molecule has 0 atom stereocenters. The van der Waals surface area contributed by atoms with Crippen LogP contribution in [0.5, 0.6) is 0 Å². The van der Waals surface area contributed by atoms with Crippen molar-refractivity contribution in [1.82, 2.24) is 14.8 Å². The van der Waals surface area contributed by atoms with Crippen LogP contribution in [-0.2, 0) is 7.05 Å². The number of carbonyl (C=O) groups is 1. The number of hydrogen-bond acceptors (Lipinski definition) is 3. The summed E-state index contributed by atoms with van der Waals surface area (Å²) in [6.07, 6.45) is 3.34. The summed E-state index contributed by atoms with van der Waals surface area (Å²) in [4.78, 5) is 16.5. The Hall–Kier alpha value is -2.49. The number of rotatable bonds is 2. The number of aromatic nitrogens is 3. The van der Waals surface area contributed by atoms with Crippen molar-refractivity contribution in [3.05, 3.63) is 60.0 Å². The van der Waals surface area contributed by atoms with Crippen molar-refractivity contribution in [1.29, 1.82) is 0 Å². The summed E-state index contributed by atoms with van der Waals surface area (Å²) in [6, 6.07) is 11.1. The fraction of sp³-hybridized carbons (Fsp3) is 0.0714. The Balaban J connectivity index is 2.10. The summed E-state index contributed by atoms with van der Waals surface area (Å²) in [7, 11) is 1.76. The van der Waals surface area contributed by atoms with Gasteiger partial charge in [0.15, 0.2) is 0 Å². The predicted octanol–water partition coefficient (Wildman–Crippen LogP) is 2.20. The molecule has 0 aliphatic heterocycles. The standard InChI is InChI=1S/C14H11N3O/c1-17-13(6-8-16-17)14(18)11-5-4-10-3-2-7-15-12(10)9-11/h2-9H,1H3. The molecule has 2 aromatic heterocycles. The molecule has 0 bridgehead atoms. The summed E-state index contributed by atoms with van der Waals surface area (Å²) in [6.45, 7) is 0. The van der Waals surface area contributed by atoms with E-state index in [0.717, 1.165) is 10.9 Å². The van der Waals surface area contributed by atoms with Gasteiger partial charge in [-0.3, -0.25) is 14.5 Å². The minimum atomic E-state index is -0.0393. The smallest absolute Gasteiger partial charge is 0.211 e. The fourth-order valence-electron chi connectivity index (χ4n) is 1.95. The van der Waals surface area contributed by atoms with Crippen molar-refractivity contribution in [3.63, 3.8) is 0 Å². The number of pyridine rings is 1. The molecule has 4 nitrogen and oxygen atoms in total. The third kappa shape index (κ3) is 1.68. The second-order valence-corrected chi connectivity index (χ2v) is 4.08. The maximum Gasteiger partial charge on any atom is 0.211 e. The monoisotopic (exact) mass is 237 g/mol. The lowest BCUT2D eigenvalue weighted by atomic mass is 10.1. The Morgan fingerprint density at radius 2 is 2.06 bits per heavy atom. The molecule has 0 aliphatic carbocycles. The van der Waals surface area contributed by atoms with Gasteiger partial charge in [-0.2, -0.15) is 5.10 Å². The molecule has 3 rings (SSSR count). The Kier molecular flexibility index (Phi) is 2.41. The number of nitrogens with zero attached hydrogens (tertiary/aromatic N) is 3. The van der Waals surface area contributed by atoms with E-state index >= 15 is 0 Å². The van der Waals surface area contributed by atoms with Gasteiger partial charge >= 0.3 is 0 Å². The van der Waals surface area contributed by atoms with Gasteiger partial charge in [0.2, 0.25) is 5.78 Å². The van der Waals surface area contributed by atoms with Crippen molar-refractivity contribution in [3.8, 4) is 0 Å². The van der Waals surface area contributed by atoms with Gasteiger partial charge in [0.25, 0.3) is 0 Å². The van der Waals surface area contributed by atoms with E-state index in [0.29, 0.717) is 11.3 Å². The first kappa shape index (κ1) is 10.7. The number of ketones is 1. The maximum atomic E-state index is 12.3. The summed E-state index contributed by atoms with van der Waals surface area (Å²) >= 11 is 0. The predicted molar refractivity (Wildman–Crippen MR) is 68.4 cm³/mol. The highest BCUT2D eigenvalue weighted by molar-refractivity contribution is 6.09. The van der Waals surface area contributed by atoms with Crippen molar-refractivity contribution in [2.45, 2.75) is 0 Å². The summed E-state index contributed by atoms with van der Waals surface area (Å²) < 4.78 is 1.57. The molecule has 88 valence electrons. The summed E-state index contributed by atoms with van der Waals surface area (Å²) in [5.74, 6) is -0.0393. The molecule has 0 fully saturated rings. The van der Waals surface area contributed by atoms with Crippen LogP contribution in [0.3, 0.4) is 0 Å². The number of hydrogen-bond donors (Lipinski definition) is 0. The quantitative estimate of drug-likeness (QED) is 0.642. The maximum absolute atomic E-state index is 12.3. The first-order valence-electron chi connectivity index (χ1n) is 5.63. The van der Waals surface area contributed by atoms with Crippen LogP contribution in [0.4, 0.5) is 0 Å². The molecule has 0 saturated carbocycles. The normalized spacial score (nSPS) is 10.7. The Bertz CT molecular complexity index is 730. The minimum Gasteiger partial charge on any atom is -0.287 e. The van der Waals surface area contributed by atoms with Crippen LogP contribution < -0.4 is 0 Å². The largest absolute Gasteiger partial charge is 0.287 e. The molecule has 0 amide bonds. The molecule has 18 heavy (non-hydrogen) atoms. The zero-order chi connectivity index (χ0) is 12.5. The molecule has 0 radical (unpaired) electrons. The third-order valence-electron chi connectivity index (χ3n) is 2.92. The van der Waals surface area contributed by atoms with E-state index in [2.05, 4.69) is 10.1 Å². The molecule has 0 aliphatic rings. The summed E-state index contributed by atoms with van der Waals surface area (Å²) in [5, 5.41) is 5.03. The van der Waals surface area contributed by atoms with Gasteiger partial charge in [-0.25, -0.2) is 0 Å². The van der Waals surface area contributed by atoms with E-state index in [-0.39, 0.29) is 5.78 Å². The highest BCUT2D eigenvalue weighted by Crippen LogP contribution is 2.16. The lowest BCUT2D eigenvalue weighted by Crippen LogP contribution is -2.08. The Labute approximate surface area is 104 Å². The van der Waals surface area contributed by atoms with Crippen molar-refractivity contribution >= 4 is 16.7 Å². The van der Waals surface area contributed by atoms with Gasteiger partial charge in [0.1, 0.15) is 5.69 Å². The molecule has 2 heterocycles. The van der Waals surface area contributed by atoms with E-state index in [4.69, 9.17) is 0 Å². The number of benzene rings is 1. The van der Waals surface area contributed by atoms with Gasteiger partial charge in [-0.05, 0) is 18.2 Å². The molecule has 4 heteroatoms. The van der Waals surface area contributed by atoms with Gasteiger partial charge < -0.3 is 0 Å². The molecule has 3 aromatic rings. The minimum absolute atomic E-state index is 0.0393. The van der Waals surface area contributed by atoms with E-state index in [1.54, 1.807) is 30.2 Å². The summed E-state index contributed by atoms with van der Waals surface area (Å²) in [5.41, 5.74) is 2.03. The second-order valence-electron chi connectivity index (χ2n) is 4.08. The zero-order valence-corrected chi connectivity index (χ0v) is 9.87. The SMILES string of the molecule is Cn1nccc1C(=O)c1ccc2cccnc2c1. The van der Waals surface area contributed by atoms with Crippen molar-refractivity contribution in [2.24, 2.45) is 7.05 Å². The lowest BCUT2D eigenvalue weighted by molar-refractivity contribution is 0.103.